The number of nitro groups is 1. The molecule has 0 atom stereocenters. The Morgan fingerprint density at radius 1 is 1.19 bits per heavy atom. The quantitative estimate of drug-likeness (QED) is 0.479. The van der Waals surface area contributed by atoms with Crippen molar-refractivity contribution in [2.75, 3.05) is 19.0 Å². The lowest BCUT2D eigenvalue weighted by atomic mass is 10.1. The fourth-order valence-corrected chi connectivity index (χ4v) is 2.10. The van der Waals surface area contributed by atoms with Crippen molar-refractivity contribution in [3.8, 4) is 5.75 Å². The van der Waals surface area contributed by atoms with Crippen LogP contribution in [0.4, 0.5) is 11.4 Å². The van der Waals surface area contributed by atoms with E-state index < -0.39 is 4.92 Å². The van der Waals surface area contributed by atoms with Crippen molar-refractivity contribution in [1.82, 2.24) is 0 Å². The fourth-order valence-electron chi connectivity index (χ4n) is 2.10. The second kappa shape index (κ2) is 7.28. The van der Waals surface area contributed by atoms with E-state index in [2.05, 4.69) is 17.4 Å². The maximum Gasteiger partial charge on any atom is 0.296 e. The minimum Gasteiger partial charge on any atom is -0.496 e. The van der Waals surface area contributed by atoms with Crippen LogP contribution < -0.4 is 10.1 Å². The maximum absolute atomic E-state index is 11.1. The average Bonchev–Trinajstić information content (AvgIpc) is 2.52. The maximum atomic E-state index is 11.1. The third-order valence-corrected chi connectivity index (χ3v) is 3.20. The van der Waals surface area contributed by atoms with Gasteiger partial charge in [-0.25, -0.2) is 0 Å². The molecule has 2 rings (SSSR count). The van der Waals surface area contributed by atoms with Gasteiger partial charge in [0.05, 0.1) is 18.1 Å². The summed E-state index contributed by atoms with van der Waals surface area (Å²) in [6.07, 6.45) is 1.85. The Morgan fingerprint density at radius 2 is 1.95 bits per heavy atom. The molecular formula is C16H18N2O3. The smallest absolute Gasteiger partial charge is 0.296 e. The summed E-state index contributed by atoms with van der Waals surface area (Å²) in [4.78, 5) is 10.7. The summed E-state index contributed by atoms with van der Waals surface area (Å²) < 4.78 is 5.01. The van der Waals surface area contributed by atoms with E-state index in [1.165, 1.54) is 18.7 Å². The molecule has 0 aliphatic heterocycles. The summed E-state index contributed by atoms with van der Waals surface area (Å²) in [5.74, 6) is 0.483. The van der Waals surface area contributed by atoms with Gasteiger partial charge in [0.15, 0.2) is 0 Å². The molecule has 0 radical (unpaired) electrons. The predicted octanol–water partition coefficient (Wildman–Crippen LogP) is 3.65. The van der Waals surface area contributed by atoms with E-state index in [9.17, 15) is 10.1 Å². The predicted molar refractivity (Wildman–Crippen MR) is 82.9 cm³/mol. The zero-order valence-electron chi connectivity index (χ0n) is 11.9. The number of methoxy groups -OCH3 is 1. The number of anilines is 1. The van der Waals surface area contributed by atoms with Crippen molar-refractivity contribution in [2.45, 2.75) is 12.8 Å². The Kier molecular flexibility index (Phi) is 5.15. The first-order chi connectivity index (χ1) is 10.2. The molecular weight excluding hydrogens is 268 g/mol. The number of ether oxygens (including phenoxy) is 1. The Balaban J connectivity index is 1.92. The van der Waals surface area contributed by atoms with Crippen LogP contribution in [0.5, 0.6) is 5.75 Å². The molecule has 0 aromatic heterocycles. The van der Waals surface area contributed by atoms with Crippen LogP contribution in [0.15, 0.2) is 48.5 Å². The standard InChI is InChI=1S/C16H18N2O3/c1-21-14-9-10-15(16(12-14)18(19)20)17-11-5-8-13-6-3-2-4-7-13/h2-4,6-7,9-10,12,17H,5,8,11H2,1H3. The summed E-state index contributed by atoms with van der Waals surface area (Å²) in [5, 5.41) is 14.2. The van der Waals surface area contributed by atoms with Gasteiger partial charge >= 0.3 is 0 Å². The average molecular weight is 286 g/mol. The van der Waals surface area contributed by atoms with E-state index in [1.54, 1.807) is 12.1 Å². The third kappa shape index (κ3) is 4.21. The molecule has 0 aliphatic rings. The fraction of sp³-hybridized carbons (Fsp3) is 0.250. The molecule has 0 unspecified atom stereocenters. The van der Waals surface area contributed by atoms with Gasteiger partial charge in [-0.2, -0.15) is 0 Å². The molecule has 21 heavy (non-hydrogen) atoms. The first-order valence-corrected chi connectivity index (χ1v) is 6.81. The van der Waals surface area contributed by atoms with Crippen LogP contribution in [0.3, 0.4) is 0 Å². The highest BCUT2D eigenvalue weighted by atomic mass is 16.6. The second-order valence-corrected chi connectivity index (χ2v) is 4.66. The molecule has 0 amide bonds. The van der Waals surface area contributed by atoms with Gasteiger partial charge in [-0.05, 0) is 30.5 Å². The summed E-state index contributed by atoms with van der Waals surface area (Å²) in [7, 11) is 1.49. The number of hydrogen-bond donors (Lipinski definition) is 1. The molecule has 0 saturated heterocycles. The van der Waals surface area contributed by atoms with Crippen molar-refractivity contribution in [3.63, 3.8) is 0 Å². The lowest BCUT2D eigenvalue weighted by Crippen LogP contribution is -2.05. The molecule has 0 spiro atoms. The topological polar surface area (TPSA) is 64.4 Å². The number of nitro benzene ring substituents is 1. The molecule has 110 valence electrons. The number of aryl methyl sites for hydroxylation is 1. The highest BCUT2D eigenvalue weighted by molar-refractivity contribution is 5.63. The molecule has 0 bridgehead atoms. The molecule has 2 aromatic rings. The number of nitrogens with zero attached hydrogens (tertiary/aromatic N) is 1. The first-order valence-electron chi connectivity index (χ1n) is 6.81. The highest BCUT2D eigenvalue weighted by Crippen LogP contribution is 2.28. The Labute approximate surface area is 123 Å². The van der Waals surface area contributed by atoms with Gasteiger partial charge in [0.25, 0.3) is 5.69 Å². The van der Waals surface area contributed by atoms with Crippen molar-refractivity contribution in [2.24, 2.45) is 0 Å². The van der Waals surface area contributed by atoms with E-state index in [0.717, 1.165) is 12.8 Å². The zero-order chi connectivity index (χ0) is 15.1. The van der Waals surface area contributed by atoms with E-state index in [0.29, 0.717) is 18.0 Å². The van der Waals surface area contributed by atoms with Crippen molar-refractivity contribution in [3.05, 3.63) is 64.2 Å². The number of hydrogen-bond acceptors (Lipinski definition) is 4. The number of rotatable bonds is 7. The van der Waals surface area contributed by atoms with Gasteiger partial charge in [0.1, 0.15) is 11.4 Å². The summed E-state index contributed by atoms with van der Waals surface area (Å²) in [6, 6.07) is 15.0. The largest absolute Gasteiger partial charge is 0.496 e. The summed E-state index contributed by atoms with van der Waals surface area (Å²) in [5.41, 5.74) is 1.83. The summed E-state index contributed by atoms with van der Waals surface area (Å²) in [6.45, 7) is 0.683. The molecule has 5 nitrogen and oxygen atoms in total. The van der Waals surface area contributed by atoms with Crippen LogP contribution in [-0.2, 0) is 6.42 Å². The Bertz CT molecular complexity index is 600. The van der Waals surface area contributed by atoms with Gasteiger partial charge < -0.3 is 10.1 Å². The van der Waals surface area contributed by atoms with Crippen molar-refractivity contribution in [1.29, 1.82) is 0 Å². The lowest BCUT2D eigenvalue weighted by molar-refractivity contribution is -0.384. The van der Waals surface area contributed by atoms with E-state index in [-0.39, 0.29) is 5.69 Å². The van der Waals surface area contributed by atoms with Crippen LogP contribution >= 0.6 is 0 Å². The third-order valence-electron chi connectivity index (χ3n) is 3.20. The molecule has 0 fully saturated rings. The first kappa shape index (κ1) is 14.8. The minimum atomic E-state index is -0.401. The van der Waals surface area contributed by atoms with Gasteiger partial charge in [-0.1, -0.05) is 30.3 Å². The minimum absolute atomic E-state index is 0.0362. The molecule has 0 aliphatic carbocycles. The van der Waals surface area contributed by atoms with Gasteiger partial charge in [-0.15, -0.1) is 0 Å². The van der Waals surface area contributed by atoms with Gasteiger partial charge in [0, 0.05) is 6.54 Å². The molecule has 2 aromatic carbocycles. The van der Waals surface area contributed by atoms with E-state index in [1.807, 2.05) is 18.2 Å². The van der Waals surface area contributed by atoms with Crippen molar-refractivity contribution >= 4 is 11.4 Å². The number of nitrogens with one attached hydrogen (secondary N) is 1. The van der Waals surface area contributed by atoms with Crippen LogP contribution in [0.25, 0.3) is 0 Å². The van der Waals surface area contributed by atoms with Crippen LogP contribution in [-0.4, -0.2) is 18.6 Å². The Morgan fingerprint density at radius 3 is 2.62 bits per heavy atom. The van der Waals surface area contributed by atoms with Crippen molar-refractivity contribution < 1.29 is 9.66 Å². The van der Waals surface area contributed by atoms with Gasteiger partial charge in [-0.3, -0.25) is 10.1 Å². The monoisotopic (exact) mass is 286 g/mol. The van der Waals surface area contributed by atoms with Crippen LogP contribution in [0, 0.1) is 10.1 Å². The second-order valence-electron chi connectivity index (χ2n) is 4.66. The van der Waals surface area contributed by atoms with E-state index >= 15 is 0 Å². The zero-order valence-corrected chi connectivity index (χ0v) is 11.9. The lowest BCUT2D eigenvalue weighted by Gasteiger charge is -2.08. The van der Waals surface area contributed by atoms with Gasteiger partial charge in [0.2, 0.25) is 0 Å². The van der Waals surface area contributed by atoms with Crippen LogP contribution in [0.1, 0.15) is 12.0 Å². The normalized spacial score (nSPS) is 10.1. The van der Waals surface area contributed by atoms with E-state index in [4.69, 9.17) is 4.74 Å². The highest BCUT2D eigenvalue weighted by Gasteiger charge is 2.14. The number of benzene rings is 2. The molecule has 0 saturated carbocycles. The SMILES string of the molecule is COc1ccc(NCCCc2ccccc2)c([N+](=O)[O-])c1. The molecule has 0 heterocycles. The Hall–Kier alpha value is -2.56. The summed E-state index contributed by atoms with van der Waals surface area (Å²) >= 11 is 0. The van der Waals surface area contributed by atoms with Crippen LogP contribution in [0.2, 0.25) is 0 Å². The molecule has 1 N–H and O–H groups in total. The molecule has 5 heteroatoms.